The largest absolute Gasteiger partial charge is 0.449 e. The molecule has 3 aromatic carbocycles. The van der Waals surface area contributed by atoms with Gasteiger partial charge in [-0.05, 0) is 58.9 Å². The molecule has 3 aromatic rings. The van der Waals surface area contributed by atoms with Crippen molar-refractivity contribution < 1.29 is 9.53 Å². The number of nitrogens with zero attached hydrogens (tertiary/aromatic N) is 1. The molecule has 1 aliphatic carbocycles. The van der Waals surface area contributed by atoms with Crippen LogP contribution in [0.3, 0.4) is 0 Å². The summed E-state index contributed by atoms with van der Waals surface area (Å²) in [6.07, 6.45) is 0.292. The van der Waals surface area contributed by atoms with Crippen LogP contribution in [0.1, 0.15) is 33.7 Å². The molecule has 0 atom stereocenters. The van der Waals surface area contributed by atoms with E-state index >= 15 is 0 Å². The van der Waals surface area contributed by atoms with Gasteiger partial charge in [0.05, 0.1) is 11.6 Å². The first-order chi connectivity index (χ1) is 14.2. The Hall–Kier alpha value is -3.58. The minimum absolute atomic E-state index is 0.0638. The molecular formula is C25H22N2O2. The molecule has 1 N–H and O–H groups in total. The van der Waals surface area contributed by atoms with Crippen molar-refractivity contribution in [3.8, 4) is 17.2 Å². The average molecular weight is 382 g/mol. The molecule has 0 spiro atoms. The molecule has 4 nitrogen and oxygen atoms in total. The van der Waals surface area contributed by atoms with E-state index in [2.05, 4.69) is 35.7 Å². The van der Waals surface area contributed by atoms with Gasteiger partial charge in [0.15, 0.2) is 0 Å². The van der Waals surface area contributed by atoms with Crippen LogP contribution in [0.25, 0.3) is 11.1 Å². The zero-order valence-electron chi connectivity index (χ0n) is 16.3. The van der Waals surface area contributed by atoms with Crippen LogP contribution in [0.4, 0.5) is 4.79 Å². The van der Waals surface area contributed by atoms with Crippen LogP contribution in [0.5, 0.6) is 0 Å². The molecule has 0 unspecified atom stereocenters. The van der Waals surface area contributed by atoms with E-state index < -0.39 is 6.09 Å². The Morgan fingerprint density at radius 3 is 2.31 bits per heavy atom. The fourth-order valence-electron chi connectivity index (χ4n) is 3.99. The number of ether oxygens (including phenoxy) is 1. The van der Waals surface area contributed by atoms with E-state index in [4.69, 9.17) is 10.00 Å². The first kappa shape index (κ1) is 18.8. The molecule has 1 amide bonds. The molecule has 4 heteroatoms. The summed E-state index contributed by atoms with van der Waals surface area (Å²) in [5.74, 6) is 0.0638. The van der Waals surface area contributed by atoms with Crippen molar-refractivity contribution in [2.24, 2.45) is 0 Å². The molecule has 0 bridgehead atoms. The normalized spacial score (nSPS) is 12.0. The third kappa shape index (κ3) is 3.86. The second-order valence-electron chi connectivity index (χ2n) is 7.26. The molecule has 0 heterocycles. The molecule has 0 radical (unpaired) electrons. The summed E-state index contributed by atoms with van der Waals surface area (Å²) in [6, 6.07) is 24.3. The lowest BCUT2D eigenvalue weighted by atomic mass is 9.98. The van der Waals surface area contributed by atoms with Crippen LogP contribution >= 0.6 is 0 Å². The van der Waals surface area contributed by atoms with Gasteiger partial charge < -0.3 is 10.1 Å². The number of carbonyl (C=O) groups is 1. The summed E-state index contributed by atoms with van der Waals surface area (Å²) < 4.78 is 5.55. The number of fused-ring (bicyclic) bond motifs is 3. The number of alkyl carbamates (subject to hydrolysis) is 1. The predicted molar refractivity (Wildman–Crippen MR) is 113 cm³/mol. The minimum Gasteiger partial charge on any atom is -0.449 e. The molecule has 0 saturated carbocycles. The van der Waals surface area contributed by atoms with E-state index in [0.717, 1.165) is 11.1 Å². The van der Waals surface area contributed by atoms with E-state index in [0.29, 0.717) is 25.1 Å². The number of hydrogen-bond donors (Lipinski definition) is 1. The quantitative estimate of drug-likeness (QED) is 0.679. The lowest BCUT2D eigenvalue weighted by Gasteiger charge is -2.14. The van der Waals surface area contributed by atoms with Crippen LogP contribution < -0.4 is 5.32 Å². The minimum atomic E-state index is -0.404. The molecule has 29 heavy (non-hydrogen) atoms. The summed E-state index contributed by atoms with van der Waals surface area (Å²) in [5.41, 5.74) is 7.66. The van der Waals surface area contributed by atoms with Crippen LogP contribution in [0.2, 0.25) is 0 Å². The Morgan fingerprint density at radius 2 is 1.69 bits per heavy atom. The van der Waals surface area contributed by atoms with Gasteiger partial charge in [-0.3, -0.25) is 0 Å². The van der Waals surface area contributed by atoms with Crippen molar-refractivity contribution in [2.75, 3.05) is 13.2 Å². The number of nitriles is 1. The first-order valence-electron chi connectivity index (χ1n) is 9.76. The fourth-order valence-corrected chi connectivity index (χ4v) is 3.99. The van der Waals surface area contributed by atoms with Crippen LogP contribution in [0.15, 0.2) is 66.7 Å². The third-order valence-corrected chi connectivity index (χ3v) is 5.48. The van der Waals surface area contributed by atoms with Gasteiger partial charge in [0.25, 0.3) is 0 Å². The topological polar surface area (TPSA) is 62.1 Å². The van der Waals surface area contributed by atoms with Crippen molar-refractivity contribution in [3.05, 3.63) is 94.5 Å². The van der Waals surface area contributed by atoms with Gasteiger partial charge in [-0.25, -0.2) is 4.79 Å². The average Bonchev–Trinajstić information content (AvgIpc) is 3.07. The van der Waals surface area contributed by atoms with Crippen molar-refractivity contribution in [1.29, 1.82) is 5.26 Å². The summed E-state index contributed by atoms with van der Waals surface area (Å²) >= 11 is 0. The van der Waals surface area contributed by atoms with Crippen LogP contribution in [0, 0.1) is 18.3 Å². The number of benzene rings is 3. The highest BCUT2D eigenvalue weighted by atomic mass is 16.5. The molecule has 1 aliphatic rings. The Bertz CT molecular complexity index is 1050. The fraction of sp³-hybridized carbons (Fsp3) is 0.200. The Morgan fingerprint density at radius 1 is 1.03 bits per heavy atom. The second kappa shape index (κ2) is 8.20. The number of aryl methyl sites for hydroxylation is 1. The Labute approximate surface area is 170 Å². The maximum atomic E-state index is 12.2. The van der Waals surface area contributed by atoms with Gasteiger partial charge in [-0.2, -0.15) is 5.26 Å². The number of rotatable bonds is 5. The van der Waals surface area contributed by atoms with Crippen molar-refractivity contribution >= 4 is 6.09 Å². The van der Waals surface area contributed by atoms with Gasteiger partial charge in [0.1, 0.15) is 6.61 Å². The standard InChI is InChI=1S/C25H22N2O2/c1-17-14-18(15-26)10-11-19(17)12-13-27-25(28)29-16-24-22-8-4-2-6-20(22)21-7-3-5-9-23(21)24/h2-11,14,24H,12-13,16H2,1H3,(H,27,28). The highest BCUT2D eigenvalue weighted by Gasteiger charge is 2.28. The zero-order chi connectivity index (χ0) is 20.2. The SMILES string of the molecule is Cc1cc(C#N)ccc1CCNC(=O)OCC1c2ccccc2-c2ccccc21. The van der Waals surface area contributed by atoms with Gasteiger partial charge in [-0.15, -0.1) is 0 Å². The van der Waals surface area contributed by atoms with Gasteiger partial charge >= 0.3 is 6.09 Å². The molecule has 0 saturated heterocycles. The zero-order valence-corrected chi connectivity index (χ0v) is 16.3. The lowest BCUT2D eigenvalue weighted by molar-refractivity contribution is 0.143. The van der Waals surface area contributed by atoms with Gasteiger partial charge in [0.2, 0.25) is 0 Å². The van der Waals surface area contributed by atoms with Crippen LogP contribution in [-0.2, 0) is 11.2 Å². The highest BCUT2D eigenvalue weighted by Crippen LogP contribution is 2.44. The van der Waals surface area contributed by atoms with E-state index in [1.54, 1.807) is 6.07 Å². The summed E-state index contributed by atoms with van der Waals surface area (Å²) in [5, 5.41) is 11.8. The van der Waals surface area contributed by atoms with Crippen molar-refractivity contribution in [3.63, 3.8) is 0 Å². The first-order valence-corrected chi connectivity index (χ1v) is 9.76. The number of hydrogen-bond acceptors (Lipinski definition) is 3. The smallest absolute Gasteiger partial charge is 0.407 e. The van der Waals surface area contributed by atoms with Crippen molar-refractivity contribution in [1.82, 2.24) is 5.32 Å². The van der Waals surface area contributed by atoms with Gasteiger partial charge in [0, 0.05) is 12.5 Å². The van der Waals surface area contributed by atoms with E-state index in [1.165, 1.54) is 22.3 Å². The van der Waals surface area contributed by atoms with Crippen molar-refractivity contribution in [2.45, 2.75) is 19.3 Å². The maximum absolute atomic E-state index is 12.2. The predicted octanol–water partition coefficient (Wildman–Crippen LogP) is 4.95. The summed E-state index contributed by atoms with van der Waals surface area (Å²) in [7, 11) is 0. The molecule has 144 valence electrons. The second-order valence-corrected chi connectivity index (χ2v) is 7.26. The number of nitrogens with one attached hydrogen (secondary N) is 1. The number of amides is 1. The molecule has 0 aromatic heterocycles. The lowest BCUT2D eigenvalue weighted by Crippen LogP contribution is -2.28. The maximum Gasteiger partial charge on any atom is 0.407 e. The molecule has 0 fully saturated rings. The highest BCUT2D eigenvalue weighted by molar-refractivity contribution is 5.79. The Balaban J connectivity index is 1.34. The number of carbonyl (C=O) groups excluding carboxylic acids is 1. The molecule has 0 aliphatic heterocycles. The Kier molecular flexibility index (Phi) is 5.31. The van der Waals surface area contributed by atoms with E-state index in [-0.39, 0.29) is 5.92 Å². The van der Waals surface area contributed by atoms with Crippen LogP contribution in [-0.4, -0.2) is 19.2 Å². The third-order valence-electron chi connectivity index (χ3n) is 5.48. The molecular weight excluding hydrogens is 360 g/mol. The van der Waals surface area contributed by atoms with Gasteiger partial charge in [-0.1, -0.05) is 54.6 Å². The summed E-state index contributed by atoms with van der Waals surface area (Å²) in [4.78, 5) is 12.2. The van der Waals surface area contributed by atoms with E-state index in [9.17, 15) is 4.79 Å². The monoisotopic (exact) mass is 382 g/mol. The van der Waals surface area contributed by atoms with E-state index in [1.807, 2.05) is 43.3 Å². The molecule has 4 rings (SSSR count). The summed E-state index contributed by atoms with van der Waals surface area (Å²) in [6.45, 7) is 2.78.